The average Bonchev–Trinajstić information content (AvgIpc) is 3.08. The number of hydrogen-bond donors (Lipinski definition) is 0. The lowest BCUT2D eigenvalue weighted by atomic mass is 10.0. The first kappa shape index (κ1) is 35.9. The van der Waals surface area contributed by atoms with E-state index in [1.165, 1.54) is 63.5 Å². The van der Waals surface area contributed by atoms with Gasteiger partial charge in [0.25, 0.3) is 0 Å². The maximum Gasteiger partial charge on any atom is 0.576 e. The molecule has 0 aliphatic carbocycles. The third-order valence-electron chi connectivity index (χ3n) is 8.20. The van der Waals surface area contributed by atoms with Crippen molar-refractivity contribution < 1.29 is 27.6 Å². The molecular formula is C40H49BF2O4. The van der Waals surface area contributed by atoms with Gasteiger partial charge in [-0.3, -0.25) is 0 Å². The fraction of sp³-hybridized carbons (Fsp3) is 0.400. The minimum absolute atomic E-state index is 0.00328. The number of hydrogen-bond acceptors (Lipinski definition) is 4. The van der Waals surface area contributed by atoms with Crippen LogP contribution in [-0.2, 0) is 0 Å². The standard InChI is InChI=1S/C40H49BF2O4/c1-3-5-7-9-11-13-27-44-35-23-25-37(39(42)29-35)31-15-19-33(20-16-31)46-41-47-34-21-17-32(18-22-34)38-26-24-36(30-40(38)43)45-28-14-12-10-8-6-4-2/h15-26,29-30,41H,3-14,27-28H2,1-2H3. The molecule has 7 heteroatoms. The molecule has 4 aromatic carbocycles. The smallest absolute Gasteiger partial charge is 0.529 e. The van der Waals surface area contributed by atoms with Crippen LogP contribution in [0.4, 0.5) is 8.78 Å². The molecule has 0 saturated heterocycles. The van der Waals surface area contributed by atoms with Crippen LogP contribution in [0.25, 0.3) is 22.3 Å². The molecule has 0 unspecified atom stereocenters. The molecule has 0 bridgehead atoms. The first-order valence-corrected chi connectivity index (χ1v) is 17.4. The Morgan fingerprint density at radius 2 is 0.809 bits per heavy atom. The molecule has 0 aliphatic rings. The zero-order valence-corrected chi connectivity index (χ0v) is 28.1. The van der Waals surface area contributed by atoms with Crippen LogP contribution < -0.4 is 18.8 Å². The Hall–Kier alpha value is -4.00. The van der Waals surface area contributed by atoms with Gasteiger partial charge in [0.1, 0.15) is 34.6 Å². The van der Waals surface area contributed by atoms with E-state index < -0.39 is 0 Å². The fourth-order valence-electron chi connectivity index (χ4n) is 5.41. The maximum absolute atomic E-state index is 14.9. The molecule has 0 aliphatic heterocycles. The number of halogens is 2. The van der Waals surface area contributed by atoms with Crippen LogP contribution in [0.15, 0.2) is 84.9 Å². The molecule has 0 saturated carbocycles. The Kier molecular flexibility index (Phi) is 15.5. The summed E-state index contributed by atoms with van der Waals surface area (Å²) in [6, 6.07) is 24.4. The number of unbranched alkanes of at least 4 members (excludes halogenated alkanes) is 10. The van der Waals surface area contributed by atoms with E-state index in [4.69, 9.17) is 18.8 Å². The van der Waals surface area contributed by atoms with Gasteiger partial charge in [-0.25, -0.2) is 8.78 Å². The summed E-state index contributed by atoms with van der Waals surface area (Å²) in [7, 11) is -0.00328. The quantitative estimate of drug-likeness (QED) is 0.0631. The van der Waals surface area contributed by atoms with Gasteiger partial charge in [-0.15, -0.1) is 0 Å². The van der Waals surface area contributed by atoms with Crippen molar-refractivity contribution in [3.8, 4) is 45.3 Å². The summed E-state index contributed by atoms with van der Waals surface area (Å²) in [4.78, 5) is 0. The monoisotopic (exact) mass is 642 g/mol. The van der Waals surface area contributed by atoms with Crippen LogP contribution in [0.5, 0.6) is 23.0 Å². The Morgan fingerprint density at radius 3 is 1.19 bits per heavy atom. The second-order valence-electron chi connectivity index (χ2n) is 12.0. The molecule has 4 nitrogen and oxygen atoms in total. The van der Waals surface area contributed by atoms with Crippen molar-refractivity contribution >= 4 is 7.69 Å². The summed E-state index contributed by atoms with van der Waals surface area (Å²) in [5.41, 5.74) is 2.51. The molecule has 0 fully saturated rings. The van der Waals surface area contributed by atoms with Crippen molar-refractivity contribution in [1.82, 2.24) is 0 Å². The molecule has 47 heavy (non-hydrogen) atoms. The highest BCUT2D eigenvalue weighted by Gasteiger charge is 2.10. The molecule has 0 amide bonds. The van der Waals surface area contributed by atoms with Crippen molar-refractivity contribution in [2.45, 2.75) is 90.9 Å². The first-order chi connectivity index (χ1) is 23.1. The Labute approximate surface area is 280 Å². The SMILES string of the molecule is CCCCCCCCOc1ccc(-c2ccc(OBOc3ccc(-c4ccc(OCCCCCCCC)cc4F)cc3)cc2)c(F)c1. The summed E-state index contributed by atoms with van der Waals surface area (Å²) in [6.45, 7) is 5.62. The zero-order chi connectivity index (χ0) is 33.1. The molecule has 0 radical (unpaired) electrons. The summed E-state index contributed by atoms with van der Waals surface area (Å²) < 4.78 is 52.7. The minimum atomic E-state index is -0.321. The van der Waals surface area contributed by atoms with Crippen molar-refractivity contribution in [2.24, 2.45) is 0 Å². The van der Waals surface area contributed by atoms with Crippen LogP contribution in [-0.4, -0.2) is 20.9 Å². The van der Waals surface area contributed by atoms with Gasteiger partial charge in [0.15, 0.2) is 0 Å². The second-order valence-corrected chi connectivity index (χ2v) is 12.0. The van der Waals surface area contributed by atoms with Crippen molar-refractivity contribution in [3.63, 3.8) is 0 Å². The molecule has 0 atom stereocenters. The van der Waals surface area contributed by atoms with E-state index in [-0.39, 0.29) is 19.3 Å². The van der Waals surface area contributed by atoms with E-state index in [9.17, 15) is 8.78 Å². The molecule has 0 heterocycles. The van der Waals surface area contributed by atoms with Gasteiger partial charge in [0.05, 0.1) is 13.2 Å². The average molecular weight is 643 g/mol. The molecule has 4 aromatic rings. The van der Waals surface area contributed by atoms with Crippen molar-refractivity contribution in [3.05, 3.63) is 96.6 Å². The number of ether oxygens (including phenoxy) is 2. The molecule has 0 spiro atoms. The molecule has 0 aromatic heterocycles. The van der Waals surface area contributed by atoms with E-state index in [2.05, 4.69) is 13.8 Å². The highest BCUT2D eigenvalue weighted by molar-refractivity contribution is 6.20. The van der Waals surface area contributed by atoms with Gasteiger partial charge < -0.3 is 18.8 Å². The van der Waals surface area contributed by atoms with Gasteiger partial charge >= 0.3 is 7.69 Å². The fourth-order valence-corrected chi connectivity index (χ4v) is 5.41. The van der Waals surface area contributed by atoms with Crippen LogP contribution in [0.3, 0.4) is 0 Å². The third kappa shape index (κ3) is 12.3. The normalized spacial score (nSPS) is 10.9. The van der Waals surface area contributed by atoms with Gasteiger partial charge in [0, 0.05) is 23.3 Å². The van der Waals surface area contributed by atoms with E-state index in [0.29, 0.717) is 47.3 Å². The van der Waals surface area contributed by atoms with Crippen molar-refractivity contribution in [1.29, 1.82) is 0 Å². The molecule has 4 rings (SSSR count). The van der Waals surface area contributed by atoms with E-state index >= 15 is 0 Å². The number of benzene rings is 4. The Morgan fingerprint density at radius 1 is 0.447 bits per heavy atom. The lowest BCUT2D eigenvalue weighted by molar-refractivity contribution is 0.303. The minimum Gasteiger partial charge on any atom is -0.529 e. The van der Waals surface area contributed by atoms with E-state index in [1.54, 1.807) is 36.4 Å². The van der Waals surface area contributed by atoms with Gasteiger partial charge in [-0.05, 0) is 72.5 Å². The molecule has 0 N–H and O–H groups in total. The van der Waals surface area contributed by atoms with Crippen LogP contribution in [0, 0.1) is 11.6 Å². The first-order valence-electron chi connectivity index (χ1n) is 17.4. The Balaban J connectivity index is 1.18. The van der Waals surface area contributed by atoms with Gasteiger partial charge in [0.2, 0.25) is 0 Å². The van der Waals surface area contributed by atoms with Crippen LogP contribution in [0.2, 0.25) is 0 Å². The predicted octanol–water partition coefficient (Wildman–Crippen LogP) is 11.5. The lowest BCUT2D eigenvalue weighted by Gasteiger charge is -2.11. The predicted molar refractivity (Wildman–Crippen MR) is 190 cm³/mol. The second kappa shape index (κ2) is 20.3. The Bertz CT molecular complexity index is 1350. The van der Waals surface area contributed by atoms with Crippen LogP contribution >= 0.6 is 0 Å². The highest BCUT2D eigenvalue weighted by atomic mass is 19.1. The maximum atomic E-state index is 14.9. The van der Waals surface area contributed by atoms with Crippen LogP contribution in [0.1, 0.15) is 90.9 Å². The van der Waals surface area contributed by atoms with E-state index in [0.717, 1.165) is 36.8 Å². The largest absolute Gasteiger partial charge is 0.576 e. The zero-order valence-electron chi connectivity index (χ0n) is 28.1. The topological polar surface area (TPSA) is 36.9 Å². The summed E-state index contributed by atoms with van der Waals surface area (Å²) in [5.74, 6) is 1.67. The summed E-state index contributed by atoms with van der Waals surface area (Å²) >= 11 is 0. The summed E-state index contributed by atoms with van der Waals surface area (Å²) in [6.07, 6.45) is 14.2. The summed E-state index contributed by atoms with van der Waals surface area (Å²) in [5, 5.41) is 0. The third-order valence-corrected chi connectivity index (χ3v) is 8.20. The van der Waals surface area contributed by atoms with E-state index in [1.807, 2.05) is 36.4 Å². The highest BCUT2D eigenvalue weighted by Crippen LogP contribution is 2.30. The molecular weight excluding hydrogens is 593 g/mol. The molecule has 250 valence electrons. The van der Waals surface area contributed by atoms with Gasteiger partial charge in [-0.1, -0.05) is 102 Å². The number of rotatable bonds is 22. The lowest BCUT2D eigenvalue weighted by Crippen LogP contribution is -2.10. The van der Waals surface area contributed by atoms with Crippen molar-refractivity contribution in [2.75, 3.05) is 13.2 Å². The van der Waals surface area contributed by atoms with Gasteiger partial charge in [-0.2, -0.15) is 0 Å².